The van der Waals surface area contributed by atoms with E-state index >= 15 is 0 Å². The van der Waals surface area contributed by atoms with E-state index in [0.29, 0.717) is 13.2 Å². The number of aryl methyl sites for hydroxylation is 1. The summed E-state index contributed by atoms with van der Waals surface area (Å²) < 4.78 is 5.67. The molecule has 0 unspecified atom stereocenters. The van der Waals surface area contributed by atoms with Crippen LogP contribution in [0.5, 0.6) is 5.75 Å². The summed E-state index contributed by atoms with van der Waals surface area (Å²) in [6, 6.07) is 18.5. The standard InChI is InChI=1S/C22H29N3O2/c1-19-6-5-9-21(18-19)27-17-11-23-22(26)25-15-13-24(14-16-25)12-10-20-7-3-2-4-8-20/h2-9,18H,10-17H2,1H3,(H,23,26). The maximum absolute atomic E-state index is 12.3. The Balaban J connectivity index is 1.30. The lowest BCUT2D eigenvalue weighted by Gasteiger charge is -2.34. The van der Waals surface area contributed by atoms with Crippen molar-refractivity contribution in [2.45, 2.75) is 13.3 Å². The van der Waals surface area contributed by atoms with Crippen LogP contribution in [0.15, 0.2) is 54.6 Å². The van der Waals surface area contributed by atoms with Crippen molar-refractivity contribution < 1.29 is 9.53 Å². The van der Waals surface area contributed by atoms with Gasteiger partial charge < -0.3 is 15.0 Å². The smallest absolute Gasteiger partial charge is 0.317 e. The number of urea groups is 1. The fourth-order valence-corrected chi connectivity index (χ4v) is 3.25. The summed E-state index contributed by atoms with van der Waals surface area (Å²) in [4.78, 5) is 16.6. The van der Waals surface area contributed by atoms with Crippen molar-refractivity contribution in [3.8, 4) is 5.75 Å². The SMILES string of the molecule is Cc1cccc(OCCNC(=O)N2CCN(CCc3ccccc3)CC2)c1. The van der Waals surface area contributed by atoms with Crippen molar-refractivity contribution in [1.29, 1.82) is 0 Å². The van der Waals surface area contributed by atoms with Crippen LogP contribution in [0.2, 0.25) is 0 Å². The third-order valence-corrected chi connectivity index (χ3v) is 4.86. The summed E-state index contributed by atoms with van der Waals surface area (Å²) in [5.74, 6) is 0.844. The van der Waals surface area contributed by atoms with E-state index in [0.717, 1.165) is 44.9 Å². The number of ether oxygens (including phenoxy) is 1. The molecule has 1 fully saturated rings. The van der Waals surface area contributed by atoms with Gasteiger partial charge in [-0.1, -0.05) is 42.5 Å². The number of amides is 2. The van der Waals surface area contributed by atoms with Gasteiger partial charge in [0.25, 0.3) is 0 Å². The Labute approximate surface area is 161 Å². The van der Waals surface area contributed by atoms with Gasteiger partial charge in [0.15, 0.2) is 0 Å². The number of benzene rings is 2. The zero-order valence-electron chi connectivity index (χ0n) is 16.1. The molecule has 1 heterocycles. The molecule has 3 rings (SSSR count). The van der Waals surface area contributed by atoms with Crippen LogP contribution in [0.3, 0.4) is 0 Å². The Bertz CT molecular complexity index is 713. The summed E-state index contributed by atoms with van der Waals surface area (Å²) in [6.45, 7) is 7.49. The zero-order valence-corrected chi connectivity index (χ0v) is 16.1. The van der Waals surface area contributed by atoms with Crippen molar-refractivity contribution in [2.75, 3.05) is 45.9 Å². The van der Waals surface area contributed by atoms with Gasteiger partial charge in [-0.2, -0.15) is 0 Å². The Morgan fingerprint density at radius 1 is 1.04 bits per heavy atom. The second-order valence-corrected chi connectivity index (χ2v) is 6.96. The second-order valence-electron chi connectivity index (χ2n) is 6.96. The Kier molecular flexibility index (Phi) is 7.11. The number of carbonyl (C=O) groups excluding carboxylic acids is 1. The lowest BCUT2D eigenvalue weighted by atomic mass is 10.1. The molecule has 0 spiro atoms. The van der Waals surface area contributed by atoms with Gasteiger partial charge >= 0.3 is 6.03 Å². The molecule has 2 aromatic rings. The zero-order chi connectivity index (χ0) is 18.9. The molecule has 1 aliphatic heterocycles. The molecule has 2 amide bonds. The molecule has 2 aromatic carbocycles. The van der Waals surface area contributed by atoms with Crippen LogP contribution >= 0.6 is 0 Å². The molecule has 0 aromatic heterocycles. The predicted octanol–water partition coefficient (Wildman–Crippen LogP) is 2.94. The fourth-order valence-electron chi connectivity index (χ4n) is 3.25. The average Bonchev–Trinajstić information content (AvgIpc) is 2.71. The molecule has 0 saturated carbocycles. The van der Waals surface area contributed by atoms with E-state index in [1.165, 1.54) is 11.1 Å². The van der Waals surface area contributed by atoms with E-state index in [-0.39, 0.29) is 6.03 Å². The van der Waals surface area contributed by atoms with Gasteiger partial charge in [-0.15, -0.1) is 0 Å². The van der Waals surface area contributed by atoms with Crippen molar-refractivity contribution in [1.82, 2.24) is 15.1 Å². The Morgan fingerprint density at radius 3 is 2.56 bits per heavy atom. The normalized spacial score (nSPS) is 14.8. The van der Waals surface area contributed by atoms with Crippen LogP contribution in [0.1, 0.15) is 11.1 Å². The first kappa shape index (κ1) is 19.2. The molecule has 27 heavy (non-hydrogen) atoms. The van der Waals surface area contributed by atoms with Crippen molar-refractivity contribution >= 4 is 6.03 Å². The number of piperazine rings is 1. The quantitative estimate of drug-likeness (QED) is 0.766. The Hall–Kier alpha value is -2.53. The molecular formula is C22H29N3O2. The molecule has 0 radical (unpaired) electrons. The van der Waals surface area contributed by atoms with E-state index in [2.05, 4.69) is 34.5 Å². The highest BCUT2D eigenvalue weighted by atomic mass is 16.5. The van der Waals surface area contributed by atoms with Gasteiger partial charge in [-0.05, 0) is 36.6 Å². The predicted molar refractivity (Wildman–Crippen MR) is 108 cm³/mol. The highest BCUT2D eigenvalue weighted by molar-refractivity contribution is 5.74. The fraction of sp³-hybridized carbons (Fsp3) is 0.409. The number of carbonyl (C=O) groups is 1. The topological polar surface area (TPSA) is 44.8 Å². The van der Waals surface area contributed by atoms with Crippen LogP contribution < -0.4 is 10.1 Å². The number of rotatable bonds is 7. The van der Waals surface area contributed by atoms with Gasteiger partial charge in [0.05, 0.1) is 6.54 Å². The molecule has 5 heteroatoms. The monoisotopic (exact) mass is 367 g/mol. The maximum Gasteiger partial charge on any atom is 0.317 e. The van der Waals surface area contributed by atoms with Crippen LogP contribution in [-0.2, 0) is 6.42 Å². The number of hydrogen-bond acceptors (Lipinski definition) is 3. The van der Waals surface area contributed by atoms with Gasteiger partial charge in [0.2, 0.25) is 0 Å². The molecule has 0 atom stereocenters. The molecule has 1 aliphatic rings. The molecular weight excluding hydrogens is 338 g/mol. The van der Waals surface area contributed by atoms with Crippen LogP contribution in [0.4, 0.5) is 4.79 Å². The number of nitrogens with zero attached hydrogens (tertiary/aromatic N) is 2. The molecule has 1 saturated heterocycles. The first-order valence-corrected chi connectivity index (χ1v) is 9.69. The van der Waals surface area contributed by atoms with Crippen molar-refractivity contribution in [2.24, 2.45) is 0 Å². The molecule has 144 valence electrons. The van der Waals surface area contributed by atoms with E-state index in [1.54, 1.807) is 0 Å². The minimum atomic E-state index is 0.00514. The van der Waals surface area contributed by atoms with Crippen LogP contribution in [0.25, 0.3) is 0 Å². The summed E-state index contributed by atoms with van der Waals surface area (Å²) >= 11 is 0. The molecule has 5 nitrogen and oxygen atoms in total. The van der Waals surface area contributed by atoms with E-state index in [4.69, 9.17) is 4.74 Å². The van der Waals surface area contributed by atoms with E-state index < -0.39 is 0 Å². The summed E-state index contributed by atoms with van der Waals surface area (Å²) in [7, 11) is 0. The third-order valence-electron chi connectivity index (χ3n) is 4.86. The largest absolute Gasteiger partial charge is 0.492 e. The van der Waals surface area contributed by atoms with Gasteiger partial charge in [-0.25, -0.2) is 4.79 Å². The van der Waals surface area contributed by atoms with Gasteiger partial charge in [0.1, 0.15) is 12.4 Å². The average molecular weight is 367 g/mol. The van der Waals surface area contributed by atoms with E-state index in [1.807, 2.05) is 42.2 Å². The van der Waals surface area contributed by atoms with Crippen molar-refractivity contribution in [3.63, 3.8) is 0 Å². The lowest BCUT2D eigenvalue weighted by Crippen LogP contribution is -2.52. The first-order chi connectivity index (χ1) is 13.2. The van der Waals surface area contributed by atoms with Gasteiger partial charge in [0, 0.05) is 32.7 Å². The van der Waals surface area contributed by atoms with E-state index in [9.17, 15) is 4.79 Å². The maximum atomic E-state index is 12.3. The van der Waals surface area contributed by atoms with Crippen molar-refractivity contribution in [3.05, 3.63) is 65.7 Å². The van der Waals surface area contributed by atoms with Crippen LogP contribution in [0, 0.1) is 6.92 Å². The summed E-state index contributed by atoms with van der Waals surface area (Å²) in [5, 5.41) is 2.95. The second kappa shape index (κ2) is 9.97. The third kappa shape index (κ3) is 6.29. The molecule has 0 bridgehead atoms. The highest BCUT2D eigenvalue weighted by Gasteiger charge is 2.20. The first-order valence-electron chi connectivity index (χ1n) is 9.69. The number of nitrogens with one attached hydrogen (secondary N) is 1. The van der Waals surface area contributed by atoms with Gasteiger partial charge in [-0.3, -0.25) is 4.90 Å². The lowest BCUT2D eigenvalue weighted by molar-refractivity contribution is 0.139. The summed E-state index contributed by atoms with van der Waals surface area (Å²) in [5.41, 5.74) is 2.54. The minimum absolute atomic E-state index is 0.00514. The summed E-state index contributed by atoms with van der Waals surface area (Å²) in [6.07, 6.45) is 1.06. The molecule has 0 aliphatic carbocycles. The van der Waals surface area contributed by atoms with Crippen LogP contribution in [-0.4, -0.2) is 61.7 Å². The minimum Gasteiger partial charge on any atom is -0.492 e. The highest BCUT2D eigenvalue weighted by Crippen LogP contribution is 2.11. The number of hydrogen-bond donors (Lipinski definition) is 1. The molecule has 1 N–H and O–H groups in total. The Morgan fingerprint density at radius 2 is 1.81 bits per heavy atom.